The van der Waals surface area contributed by atoms with Crippen LogP contribution in [0.3, 0.4) is 0 Å². The third-order valence-electron chi connectivity index (χ3n) is 5.40. The molecule has 0 aliphatic carbocycles. The highest BCUT2D eigenvalue weighted by Crippen LogP contribution is 2.36. The molecule has 0 unspecified atom stereocenters. The number of hydrogen-bond acceptors (Lipinski definition) is 3. The van der Waals surface area contributed by atoms with Crippen molar-refractivity contribution < 1.29 is 0 Å². The monoisotopic (exact) mass is 375 g/mol. The summed E-state index contributed by atoms with van der Waals surface area (Å²) in [6.45, 7) is 10.3. The third-order valence-corrected chi connectivity index (χ3v) is 5.40. The SMILES string of the molecule is CC(=N)CCC(C)(C)C(=N)C(C)(C)Cc1cccc(C(=N)c2ccccc2)c1. The Balaban J connectivity index is 2.19. The number of hydrogen-bond donors (Lipinski definition) is 3. The summed E-state index contributed by atoms with van der Waals surface area (Å²) in [5, 5.41) is 25.1. The van der Waals surface area contributed by atoms with Gasteiger partial charge < -0.3 is 10.8 Å². The Morgan fingerprint density at radius 2 is 1.39 bits per heavy atom. The zero-order valence-electron chi connectivity index (χ0n) is 17.8. The van der Waals surface area contributed by atoms with E-state index in [-0.39, 0.29) is 10.8 Å². The van der Waals surface area contributed by atoms with Crippen LogP contribution in [0, 0.1) is 27.1 Å². The summed E-state index contributed by atoms with van der Waals surface area (Å²) in [5.41, 5.74) is 4.37. The van der Waals surface area contributed by atoms with E-state index >= 15 is 0 Å². The van der Waals surface area contributed by atoms with Gasteiger partial charge in [0.1, 0.15) is 0 Å². The molecule has 3 heteroatoms. The van der Waals surface area contributed by atoms with E-state index in [4.69, 9.17) is 16.2 Å². The van der Waals surface area contributed by atoms with Crippen molar-refractivity contribution in [2.45, 2.75) is 53.9 Å². The molecule has 0 aromatic heterocycles. The van der Waals surface area contributed by atoms with E-state index in [0.717, 1.165) is 41.7 Å². The van der Waals surface area contributed by atoms with Crippen molar-refractivity contribution in [2.24, 2.45) is 10.8 Å². The average Bonchev–Trinajstić information content (AvgIpc) is 2.66. The summed E-state index contributed by atoms with van der Waals surface area (Å²) >= 11 is 0. The Morgan fingerprint density at radius 3 is 2.00 bits per heavy atom. The van der Waals surface area contributed by atoms with E-state index in [9.17, 15) is 0 Å². The second-order valence-corrected chi connectivity index (χ2v) is 9.04. The Morgan fingerprint density at radius 1 is 0.786 bits per heavy atom. The maximum Gasteiger partial charge on any atom is 0.0684 e. The van der Waals surface area contributed by atoms with Gasteiger partial charge >= 0.3 is 0 Å². The molecule has 0 aliphatic rings. The Labute approximate surface area is 169 Å². The van der Waals surface area contributed by atoms with Gasteiger partial charge in [-0.25, -0.2) is 0 Å². The number of nitrogens with one attached hydrogen (secondary N) is 3. The van der Waals surface area contributed by atoms with Gasteiger partial charge in [-0.3, -0.25) is 5.41 Å². The fourth-order valence-corrected chi connectivity index (χ4v) is 3.75. The zero-order valence-corrected chi connectivity index (χ0v) is 17.8. The van der Waals surface area contributed by atoms with Gasteiger partial charge in [0, 0.05) is 27.8 Å². The van der Waals surface area contributed by atoms with E-state index in [0.29, 0.717) is 11.4 Å². The third kappa shape index (κ3) is 5.48. The Hall–Kier alpha value is -2.55. The van der Waals surface area contributed by atoms with E-state index < -0.39 is 0 Å². The minimum atomic E-state index is -0.285. The molecule has 0 amide bonds. The van der Waals surface area contributed by atoms with Crippen LogP contribution in [0.1, 0.15) is 64.2 Å². The molecule has 2 rings (SSSR count). The molecule has 28 heavy (non-hydrogen) atoms. The molecule has 0 spiro atoms. The van der Waals surface area contributed by atoms with Gasteiger partial charge in [-0.2, -0.15) is 0 Å². The molecule has 0 heterocycles. The minimum absolute atomic E-state index is 0.236. The fourth-order valence-electron chi connectivity index (χ4n) is 3.75. The van der Waals surface area contributed by atoms with Crippen molar-refractivity contribution in [3.05, 3.63) is 71.3 Å². The lowest BCUT2D eigenvalue weighted by atomic mass is 9.68. The summed E-state index contributed by atoms with van der Waals surface area (Å²) in [6, 6.07) is 17.9. The van der Waals surface area contributed by atoms with Gasteiger partial charge in [-0.05, 0) is 43.4 Å². The van der Waals surface area contributed by atoms with Gasteiger partial charge in [0.05, 0.1) is 5.71 Å². The fraction of sp³-hybridized carbons (Fsp3) is 0.400. The smallest absolute Gasteiger partial charge is 0.0684 e. The predicted molar refractivity (Wildman–Crippen MR) is 120 cm³/mol. The number of rotatable bonds is 9. The van der Waals surface area contributed by atoms with Crippen molar-refractivity contribution in [3.63, 3.8) is 0 Å². The van der Waals surface area contributed by atoms with Crippen molar-refractivity contribution in [1.82, 2.24) is 0 Å². The van der Waals surface area contributed by atoms with Crippen LogP contribution in [-0.2, 0) is 6.42 Å². The molecule has 0 fully saturated rings. The molecule has 0 saturated heterocycles. The van der Waals surface area contributed by atoms with Crippen LogP contribution in [0.25, 0.3) is 0 Å². The van der Waals surface area contributed by atoms with E-state index in [1.165, 1.54) is 0 Å². The van der Waals surface area contributed by atoms with Crippen LogP contribution < -0.4 is 0 Å². The lowest BCUT2D eigenvalue weighted by Gasteiger charge is -2.37. The van der Waals surface area contributed by atoms with Gasteiger partial charge in [0.25, 0.3) is 0 Å². The molecule has 0 bridgehead atoms. The molecule has 0 saturated carbocycles. The Bertz CT molecular complexity index is 860. The molecule has 3 nitrogen and oxygen atoms in total. The second kappa shape index (κ2) is 8.64. The van der Waals surface area contributed by atoms with Gasteiger partial charge in [0.15, 0.2) is 0 Å². The van der Waals surface area contributed by atoms with Gasteiger partial charge in [0.2, 0.25) is 0 Å². The first-order valence-electron chi connectivity index (χ1n) is 9.90. The van der Waals surface area contributed by atoms with Crippen molar-refractivity contribution in [3.8, 4) is 0 Å². The minimum Gasteiger partial charge on any atom is -0.310 e. The second-order valence-electron chi connectivity index (χ2n) is 9.04. The normalized spacial score (nSPS) is 11.9. The lowest BCUT2D eigenvalue weighted by Crippen LogP contribution is -2.38. The molecule has 0 atom stereocenters. The van der Waals surface area contributed by atoms with Gasteiger partial charge in [-0.1, -0.05) is 76.2 Å². The van der Waals surface area contributed by atoms with Crippen LogP contribution in [0.15, 0.2) is 54.6 Å². The number of benzene rings is 2. The first-order valence-corrected chi connectivity index (χ1v) is 9.90. The molecular weight excluding hydrogens is 342 g/mol. The Kier molecular flexibility index (Phi) is 6.71. The van der Waals surface area contributed by atoms with Gasteiger partial charge in [-0.15, -0.1) is 0 Å². The highest BCUT2D eigenvalue weighted by Gasteiger charge is 2.35. The van der Waals surface area contributed by atoms with Crippen LogP contribution in [0.5, 0.6) is 0 Å². The molecular formula is C25H33N3. The summed E-state index contributed by atoms with van der Waals surface area (Å²) < 4.78 is 0. The summed E-state index contributed by atoms with van der Waals surface area (Å²) in [5.74, 6) is 0. The zero-order chi connectivity index (χ0) is 20.9. The van der Waals surface area contributed by atoms with Crippen molar-refractivity contribution in [1.29, 1.82) is 16.2 Å². The summed E-state index contributed by atoms with van der Waals surface area (Å²) in [4.78, 5) is 0. The molecule has 3 N–H and O–H groups in total. The first-order chi connectivity index (χ1) is 13.0. The maximum atomic E-state index is 8.85. The standard InChI is InChI=1S/C25H33N3/c1-18(26)14-15-24(2,3)23(28)25(4,5)17-19-10-9-13-21(16-19)22(27)20-11-7-6-8-12-20/h6-13,16,26-28H,14-15,17H2,1-5H3. The van der Waals surface area contributed by atoms with Crippen LogP contribution in [0.4, 0.5) is 0 Å². The lowest BCUT2D eigenvalue weighted by molar-refractivity contribution is 0.399. The topological polar surface area (TPSA) is 71.6 Å². The highest BCUT2D eigenvalue weighted by molar-refractivity contribution is 6.10. The van der Waals surface area contributed by atoms with Crippen LogP contribution in [-0.4, -0.2) is 17.1 Å². The van der Waals surface area contributed by atoms with E-state index in [1.807, 2.05) is 49.4 Å². The summed E-state index contributed by atoms with van der Waals surface area (Å²) in [6.07, 6.45) is 2.31. The highest BCUT2D eigenvalue weighted by atomic mass is 14.6. The first kappa shape index (κ1) is 21.7. The van der Waals surface area contributed by atoms with Crippen LogP contribution in [0.2, 0.25) is 0 Å². The van der Waals surface area contributed by atoms with Crippen LogP contribution >= 0.6 is 0 Å². The predicted octanol–water partition coefficient (Wildman–Crippen LogP) is 6.54. The molecule has 2 aromatic rings. The van der Waals surface area contributed by atoms with Crippen molar-refractivity contribution in [2.75, 3.05) is 0 Å². The maximum absolute atomic E-state index is 8.85. The molecule has 2 aromatic carbocycles. The average molecular weight is 376 g/mol. The molecule has 0 aliphatic heterocycles. The van der Waals surface area contributed by atoms with E-state index in [1.54, 1.807) is 0 Å². The molecule has 148 valence electrons. The van der Waals surface area contributed by atoms with E-state index in [2.05, 4.69) is 39.8 Å². The molecule has 0 radical (unpaired) electrons. The summed E-state index contributed by atoms with van der Waals surface area (Å²) in [7, 11) is 0. The quantitative estimate of drug-likeness (QED) is 0.417. The largest absolute Gasteiger partial charge is 0.310 e. The van der Waals surface area contributed by atoms with Crippen molar-refractivity contribution >= 4 is 17.1 Å².